The predicted molar refractivity (Wildman–Crippen MR) is 116 cm³/mol. The van der Waals surface area contributed by atoms with Crippen LogP contribution < -0.4 is 5.32 Å². The zero-order chi connectivity index (χ0) is 20.8. The van der Waals surface area contributed by atoms with E-state index in [1.165, 1.54) is 5.56 Å². The summed E-state index contributed by atoms with van der Waals surface area (Å²) in [6, 6.07) is 15.5. The quantitative estimate of drug-likeness (QED) is 0.791. The lowest BCUT2D eigenvalue weighted by Crippen LogP contribution is -2.51. The van der Waals surface area contributed by atoms with E-state index in [4.69, 9.17) is 11.6 Å². The Hall–Kier alpha value is -2.37. The number of carbonyl (C=O) groups is 2. The Labute approximate surface area is 177 Å². The molecule has 0 radical (unpaired) electrons. The van der Waals surface area contributed by atoms with Crippen molar-refractivity contribution in [1.29, 1.82) is 0 Å². The van der Waals surface area contributed by atoms with Crippen molar-refractivity contribution in [2.75, 3.05) is 32.7 Å². The van der Waals surface area contributed by atoms with Gasteiger partial charge in [-0.25, -0.2) is 0 Å². The van der Waals surface area contributed by atoms with Crippen LogP contribution in [0, 0.1) is 6.92 Å². The van der Waals surface area contributed by atoms with E-state index in [1.807, 2.05) is 67.3 Å². The molecule has 6 heteroatoms. The molecule has 3 rings (SSSR count). The summed E-state index contributed by atoms with van der Waals surface area (Å²) in [5.74, 6) is 0.113. The van der Waals surface area contributed by atoms with Gasteiger partial charge in [-0.05, 0) is 31.0 Å². The number of nitrogens with one attached hydrogen (secondary N) is 1. The highest BCUT2D eigenvalue weighted by molar-refractivity contribution is 6.31. The van der Waals surface area contributed by atoms with Gasteiger partial charge in [-0.15, -0.1) is 0 Å². The lowest BCUT2D eigenvalue weighted by molar-refractivity contribution is -0.132. The van der Waals surface area contributed by atoms with Crippen LogP contribution in [0.15, 0.2) is 48.5 Å². The topological polar surface area (TPSA) is 52.7 Å². The van der Waals surface area contributed by atoms with Gasteiger partial charge in [-0.2, -0.15) is 0 Å². The van der Waals surface area contributed by atoms with Crippen molar-refractivity contribution >= 4 is 23.4 Å². The fourth-order valence-electron chi connectivity index (χ4n) is 3.54. The molecule has 1 atom stereocenters. The third-order valence-corrected chi connectivity index (χ3v) is 5.66. The number of carbonyl (C=O) groups excluding carboxylic acids is 2. The van der Waals surface area contributed by atoms with Crippen LogP contribution in [-0.2, 0) is 16.0 Å². The molecular formula is C23H28ClN3O2. The molecule has 29 heavy (non-hydrogen) atoms. The number of hydrogen-bond acceptors (Lipinski definition) is 3. The maximum Gasteiger partial charge on any atom is 0.234 e. The van der Waals surface area contributed by atoms with Crippen LogP contribution in [0.25, 0.3) is 0 Å². The second-order valence-electron chi connectivity index (χ2n) is 7.63. The van der Waals surface area contributed by atoms with E-state index in [0.29, 0.717) is 44.2 Å². The summed E-state index contributed by atoms with van der Waals surface area (Å²) >= 11 is 6.21. The first kappa shape index (κ1) is 21.3. The van der Waals surface area contributed by atoms with Gasteiger partial charge in [0.2, 0.25) is 11.8 Å². The third kappa shape index (κ3) is 6.05. The minimum atomic E-state index is -0.145. The average molecular weight is 414 g/mol. The molecular weight excluding hydrogens is 386 g/mol. The molecule has 1 aliphatic heterocycles. The summed E-state index contributed by atoms with van der Waals surface area (Å²) in [4.78, 5) is 28.9. The Kier molecular flexibility index (Phi) is 7.29. The molecule has 1 unspecified atom stereocenters. The number of hydrogen-bond donors (Lipinski definition) is 1. The van der Waals surface area contributed by atoms with Gasteiger partial charge >= 0.3 is 0 Å². The Morgan fingerprint density at radius 2 is 1.69 bits per heavy atom. The fraction of sp³-hybridized carbons (Fsp3) is 0.391. The number of benzene rings is 2. The summed E-state index contributed by atoms with van der Waals surface area (Å²) in [7, 11) is 0. The van der Waals surface area contributed by atoms with Crippen LogP contribution in [0.3, 0.4) is 0 Å². The molecule has 1 fully saturated rings. The zero-order valence-corrected chi connectivity index (χ0v) is 17.8. The Morgan fingerprint density at radius 1 is 1.03 bits per heavy atom. The molecule has 2 aromatic carbocycles. The highest BCUT2D eigenvalue weighted by atomic mass is 35.5. The first-order chi connectivity index (χ1) is 13.9. The van der Waals surface area contributed by atoms with E-state index >= 15 is 0 Å². The van der Waals surface area contributed by atoms with Crippen LogP contribution >= 0.6 is 11.6 Å². The van der Waals surface area contributed by atoms with Crippen LogP contribution in [-0.4, -0.2) is 54.3 Å². The van der Waals surface area contributed by atoms with Gasteiger partial charge in [0.05, 0.1) is 19.0 Å². The molecule has 2 aromatic rings. The summed E-state index contributed by atoms with van der Waals surface area (Å²) in [5, 5.41) is 3.66. The monoisotopic (exact) mass is 413 g/mol. The molecule has 5 nitrogen and oxygen atoms in total. The minimum absolute atomic E-state index is 0.0307. The summed E-state index contributed by atoms with van der Waals surface area (Å²) in [6.45, 7) is 7.00. The molecule has 0 aliphatic carbocycles. The van der Waals surface area contributed by atoms with Gasteiger partial charge in [-0.1, -0.05) is 59.6 Å². The molecule has 154 valence electrons. The van der Waals surface area contributed by atoms with Gasteiger partial charge in [-0.3, -0.25) is 14.5 Å². The zero-order valence-electron chi connectivity index (χ0n) is 17.0. The average Bonchev–Trinajstić information content (AvgIpc) is 2.70. The second-order valence-corrected chi connectivity index (χ2v) is 8.04. The lowest BCUT2D eigenvalue weighted by Gasteiger charge is -2.34. The minimum Gasteiger partial charge on any atom is -0.348 e. The van der Waals surface area contributed by atoms with Crippen LogP contribution in [0.5, 0.6) is 0 Å². The van der Waals surface area contributed by atoms with Gasteiger partial charge in [0.15, 0.2) is 0 Å². The maximum absolute atomic E-state index is 12.5. The van der Waals surface area contributed by atoms with E-state index in [1.54, 1.807) is 0 Å². The fourth-order valence-corrected chi connectivity index (χ4v) is 3.84. The van der Waals surface area contributed by atoms with Crippen molar-refractivity contribution in [3.05, 3.63) is 70.2 Å². The van der Waals surface area contributed by atoms with Gasteiger partial charge < -0.3 is 10.2 Å². The highest BCUT2D eigenvalue weighted by Crippen LogP contribution is 2.22. The largest absolute Gasteiger partial charge is 0.348 e. The number of nitrogens with zero attached hydrogens (tertiary/aromatic N) is 2. The van der Waals surface area contributed by atoms with Crippen molar-refractivity contribution in [2.24, 2.45) is 0 Å². The Balaban J connectivity index is 1.43. The van der Waals surface area contributed by atoms with Crippen molar-refractivity contribution in [3.8, 4) is 0 Å². The number of amides is 2. The van der Waals surface area contributed by atoms with E-state index in [0.717, 1.165) is 11.1 Å². The van der Waals surface area contributed by atoms with E-state index in [9.17, 15) is 9.59 Å². The normalized spacial score (nSPS) is 15.8. The number of piperazine rings is 1. The Morgan fingerprint density at radius 3 is 2.34 bits per heavy atom. The first-order valence-electron chi connectivity index (χ1n) is 10.0. The van der Waals surface area contributed by atoms with Crippen LogP contribution in [0.4, 0.5) is 0 Å². The lowest BCUT2D eigenvalue weighted by atomic mass is 10.1. The molecule has 1 aliphatic rings. The Bertz CT molecular complexity index is 845. The highest BCUT2D eigenvalue weighted by Gasteiger charge is 2.23. The second kappa shape index (κ2) is 9.90. The van der Waals surface area contributed by atoms with Crippen molar-refractivity contribution in [2.45, 2.75) is 26.3 Å². The molecule has 0 aromatic heterocycles. The van der Waals surface area contributed by atoms with Gasteiger partial charge in [0.1, 0.15) is 0 Å². The summed E-state index contributed by atoms with van der Waals surface area (Å²) in [6.07, 6.45) is 0.427. The van der Waals surface area contributed by atoms with Crippen LogP contribution in [0.2, 0.25) is 5.02 Å². The summed E-state index contributed by atoms with van der Waals surface area (Å²) in [5.41, 5.74) is 3.14. The van der Waals surface area contributed by atoms with E-state index in [-0.39, 0.29) is 17.9 Å². The molecule has 0 spiro atoms. The maximum atomic E-state index is 12.5. The van der Waals surface area contributed by atoms with Crippen LogP contribution in [0.1, 0.15) is 29.7 Å². The molecule has 2 amide bonds. The molecule has 0 saturated carbocycles. The molecule has 1 N–H and O–H groups in total. The first-order valence-corrected chi connectivity index (χ1v) is 10.4. The molecule has 0 bridgehead atoms. The number of aryl methyl sites for hydroxylation is 1. The van der Waals surface area contributed by atoms with Gasteiger partial charge in [0.25, 0.3) is 0 Å². The van der Waals surface area contributed by atoms with E-state index in [2.05, 4.69) is 10.2 Å². The summed E-state index contributed by atoms with van der Waals surface area (Å²) < 4.78 is 0. The molecule has 1 saturated heterocycles. The van der Waals surface area contributed by atoms with Crippen molar-refractivity contribution < 1.29 is 9.59 Å². The van der Waals surface area contributed by atoms with Crippen molar-refractivity contribution in [1.82, 2.24) is 15.1 Å². The third-order valence-electron chi connectivity index (χ3n) is 5.32. The molecule has 1 heterocycles. The SMILES string of the molecule is Cc1ccc(CC(=O)N2CCN(CC(=O)NC(C)c3ccccc3Cl)CC2)cc1. The van der Waals surface area contributed by atoms with E-state index < -0.39 is 0 Å². The predicted octanol–water partition coefficient (Wildman–Crippen LogP) is 3.21. The van der Waals surface area contributed by atoms with Gasteiger partial charge in [0, 0.05) is 31.2 Å². The number of halogens is 1. The van der Waals surface area contributed by atoms with Crippen molar-refractivity contribution in [3.63, 3.8) is 0 Å². The number of rotatable bonds is 6. The smallest absolute Gasteiger partial charge is 0.234 e. The standard InChI is InChI=1S/C23H28ClN3O2/c1-17-7-9-19(10-8-17)15-23(29)27-13-11-26(12-14-27)16-22(28)25-18(2)20-5-3-4-6-21(20)24/h3-10,18H,11-16H2,1-2H3,(H,25,28).